The Morgan fingerprint density at radius 1 is 1.24 bits per heavy atom. The molecule has 0 aromatic heterocycles. The number of methoxy groups -OCH3 is 1. The van der Waals surface area contributed by atoms with Gasteiger partial charge < -0.3 is 10.1 Å². The van der Waals surface area contributed by atoms with Gasteiger partial charge in [-0.15, -0.1) is 0 Å². The van der Waals surface area contributed by atoms with Gasteiger partial charge in [0.25, 0.3) is 5.69 Å². The summed E-state index contributed by atoms with van der Waals surface area (Å²) in [4.78, 5) is 10.3. The van der Waals surface area contributed by atoms with Crippen molar-refractivity contribution >= 4 is 5.69 Å². The quantitative estimate of drug-likeness (QED) is 0.656. The van der Waals surface area contributed by atoms with Gasteiger partial charge in [0.1, 0.15) is 11.6 Å². The largest absolute Gasteiger partial charge is 0.496 e. The number of non-ortho nitro benzene ring substituents is 1. The Balaban J connectivity index is 2.05. The summed E-state index contributed by atoms with van der Waals surface area (Å²) in [6, 6.07) is 10.7. The number of benzene rings is 2. The fourth-order valence-corrected chi connectivity index (χ4v) is 2.01. The summed E-state index contributed by atoms with van der Waals surface area (Å²) in [7, 11) is 1.51. The molecule has 0 bridgehead atoms. The van der Waals surface area contributed by atoms with Crippen LogP contribution in [0, 0.1) is 15.9 Å². The van der Waals surface area contributed by atoms with Crippen LogP contribution >= 0.6 is 0 Å². The molecule has 1 N–H and O–H groups in total. The Morgan fingerprint density at radius 3 is 2.71 bits per heavy atom. The normalized spacial score (nSPS) is 10.4. The van der Waals surface area contributed by atoms with Crippen molar-refractivity contribution in [2.24, 2.45) is 0 Å². The van der Waals surface area contributed by atoms with Gasteiger partial charge in [-0.05, 0) is 23.8 Å². The van der Waals surface area contributed by atoms with Crippen molar-refractivity contribution in [3.63, 3.8) is 0 Å². The fraction of sp³-hybridized carbons (Fsp3) is 0.200. The van der Waals surface area contributed by atoms with E-state index < -0.39 is 4.92 Å². The molecule has 0 radical (unpaired) electrons. The molecule has 0 aliphatic carbocycles. The molecular weight excluding hydrogens is 275 g/mol. The van der Waals surface area contributed by atoms with Gasteiger partial charge in [0.05, 0.1) is 12.0 Å². The lowest BCUT2D eigenvalue weighted by molar-refractivity contribution is -0.384. The van der Waals surface area contributed by atoms with E-state index >= 15 is 0 Å². The molecule has 0 aliphatic heterocycles. The minimum Gasteiger partial charge on any atom is -0.496 e. The maximum Gasteiger partial charge on any atom is 0.270 e. The summed E-state index contributed by atoms with van der Waals surface area (Å²) >= 11 is 0. The highest BCUT2D eigenvalue weighted by atomic mass is 19.1. The van der Waals surface area contributed by atoms with Gasteiger partial charge in [0.2, 0.25) is 0 Å². The standard InChI is InChI=1S/C15H15FN2O3/c1-21-15-6-5-14(18(19)20)8-12(15)10-17-9-11-3-2-4-13(16)7-11/h2-8,17H,9-10H2,1H3. The molecule has 5 nitrogen and oxygen atoms in total. The summed E-state index contributed by atoms with van der Waals surface area (Å²) < 4.78 is 18.2. The molecular formula is C15H15FN2O3. The first kappa shape index (κ1) is 14.9. The molecule has 6 heteroatoms. The second-order valence-electron chi connectivity index (χ2n) is 4.49. The molecule has 0 spiro atoms. The smallest absolute Gasteiger partial charge is 0.270 e. The van der Waals surface area contributed by atoms with Gasteiger partial charge >= 0.3 is 0 Å². The predicted octanol–water partition coefficient (Wildman–Crippen LogP) is 3.03. The third-order valence-electron chi connectivity index (χ3n) is 3.01. The van der Waals surface area contributed by atoms with Gasteiger partial charge in [-0.3, -0.25) is 10.1 Å². The van der Waals surface area contributed by atoms with Crippen LogP contribution in [0.1, 0.15) is 11.1 Å². The maximum atomic E-state index is 13.1. The second kappa shape index (κ2) is 6.81. The van der Waals surface area contributed by atoms with E-state index in [2.05, 4.69) is 5.32 Å². The van der Waals surface area contributed by atoms with Crippen LogP contribution in [0.25, 0.3) is 0 Å². The summed E-state index contributed by atoms with van der Waals surface area (Å²) in [5.41, 5.74) is 1.50. The minimum atomic E-state index is -0.449. The van der Waals surface area contributed by atoms with E-state index in [-0.39, 0.29) is 11.5 Å². The van der Waals surface area contributed by atoms with Gasteiger partial charge in [0.15, 0.2) is 0 Å². The highest BCUT2D eigenvalue weighted by molar-refractivity contribution is 5.43. The SMILES string of the molecule is COc1ccc([N+](=O)[O-])cc1CNCc1cccc(F)c1. The topological polar surface area (TPSA) is 64.4 Å². The van der Waals surface area contributed by atoms with Crippen molar-refractivity contribution in [2.45, 2.75) is 13.1 Å². The first-order valence-electron chi connectivity index (χ1n) is 6.36. The molecule has 21 heavy (non-hydrogen) atoms. The number of ether oxygens (including phenoxy) is 1. The zero-order valence-electron chi connectivity index (χ0n) is 11.5. The number of hydrogen-bond donors (Lipinski definition) is 1. The summed E-state index contributed by atoms with van der Waals surface area (Å²) in [6.07, 6.45) is 0. The Hall–Kier alpha value is -2.47. The predicted molar refractivity (Wildman–Crippen MR) is 76.6 cm³/mol. The molecule has 0 aliphatic rings. The highest BCUT2D eigenvalue weighted by Crippen LogP contribution is 2.23. The Kier molecular flexibility index (Phi) is 4.84. The number of nitrogens with one attached hydrogen (secondary N) is 1. The van der Waals surface area contributed by atoms with Crippen LogP contribution in [-0.2, 0) is 13.1 Å². The number of rotatable bonds is 6. The minimum absolute atomic E-state index is 0.0124. The maximum absolute atomic E-state index is 13.1. The van der Waals surface area contributed by atoms with Crippen LogP contribution in [-0.4, -0.2) is 12.0 Å². The second-order valence-corrected chi connectivity index (χ2v) is 4.49. The van der Waals surface area contributed by atoms with E-state index in [4.69, 9.17) is 4.74 Å². The number of hydrogen-bond acceptors (Lipinski definition) is 4. The molecule has 0 saturated heterocycles. The lowest BCUT2D eigenvalue weighted by Crippen LogP contribution is -2.13. The number of nitrogens with zero attached hydrogens (tertiary/aromatic N) is 1. The van der Waals surface area contributed by atoms with Gasteiger partial charge in [0, 0.05) is 30.8 Å². The molecule has 0 unspecified atom stereocenters. The Labute approximate surface area is 121 Å². The number of halogens is 1. The van der Waals surface area contributed by atoms with Crippen LogP contribution in [0.2, 0.25) is 0 Å². The van der Waals surface area contributed by atoms with E-state index in [1.807, 2.05) is 0 Å². The van der Waals surface area contributed by atoms with Crippen LogP contribution in [0.4, 0.5) is 10.1 Å². The van der Waals surface area contributed by atoms with Crippen LogP contribution in [0.3, 0.4) is 0 Å². The van der Waals surface area contributed by atoms with Gasteiger partial charge in [-0.1, -0.05) is 12.1 Å². The molecule has 2 aromatic carbocycles. The van der Waals surface area contributed by atoms with Crippen LogP contribution in [0.15, 0.2) is 42.5 Å². The summed E-state index contributed by atoms with van der Waals surface area (Å²) in [6.45, 7) is 0.852. The zero-order chi connectivity index (χ0) is 15.2. The van der Waals surface area contributed by atoms with Gasteiger partial charge in [-0.25, -0.2) is 4.39 Å². The molecule has 2 aromatic rings. The van der Waals surface area contributed by atoms with Crippen molar-refractivity contribution in [1.82, 2.24) is 5.32 Å². The molecule has 110 valence electrons. The number of nitro groups is 1. The molecule has 0 heterocycles. The molecule has 0 amide bonds. The van der Waals surface area contributed by atoms with Crippen LogP contribution < -0.4 is 10.1 Å². The molecule has 0 atom stereocenters. The lowest BCUT2D eigenvalue weighted by Gasteiger charge is -2.09. The lowest BCUT2D eigenvalue weighted by atomic mass is 10.1. The Morgan fingerprint density at radius 2 is 2.05 bits per heavy atom. The third-order valence-corrected chi connectivity index (χ3v) is 3.01. The monoisotopic (exact) mass is 290 g/mol. The van der Waals surface area contributed by atoms with Crippen molar-refractivity contribution in [1.29, 1.82) is 0 Å². The average Bonchev–Trinajstić information content (AvgIpc) is 2.47. The third kappa shape index (κ3) is 4.00. The van der Waals surface area contributed by atoms with Crippen molar-refractivity contribution in [3.05, 3.63) is 69.5 Å². The van der Waals surface area contributed by atoms with Crippen molar-refractivity contribution in [3.8, 4) is 5.75 Å². The molecule has 0 fully saturated rings. The van der Waals surface area contributed by atoms with Crippen molar-refractivity contribution < 1.29 is 14.1 Å². The molecule has 2 rings (SSSR count). The average molecular weight is 290 g/mol. The summed E-state index contributed by atoms with van der Waals surface area (Å²) in [5.74, 6) is 0.287. The summed E-state index contributed by atoms with van der Waals surface area (Å²) in [5, 5.41) is 13.9. The van der Waals surface area contributed by atoms with E-state index in [0.29, 0.717) is 24.4 Å². The van der Waals surface area contributed by atoms with E-state index in [1.165, 1.54) is 31.4 Å². The Bertz CT molecular complexity index is 647. The zero-order valence-corrected chi connectivity index (χ0v) is 11.5. The van der Waals surface area contributed by atoms with Crippen LogP contribution in [0.5, 0.6) is 5.75 Å². The number of nitro benzene ring substituents is 1. The molecule has 0 saturated carbocycles. The van der Waals surface area contributed by atoms with E-state index in [0.717, 1.165) is 5.56 Å². The van der Waals surface area contributed by atoms with E-state index in [9.17, 15) is 14.5 Å². The fourth-order valence-electron chi connectivity index (χ4n) is 2.01. The van der Waals surface area contributed by atoms with Crippen molar-refractivity contribution in [2.75, 3.05) is 7.11 Å². The highest BCUT2D eigenvalue weighted by Gasteiger charge is 2.11. The first-order chi connectivity index (χ1) is 10.1. The van der Waals surface area contributed by atoms with E-state index in [1.54, 1.807) is 18.2 Å². The first-order valence-corrected chi connectivity index (χ1v) is 6.36. The van der Waals surface area contributed by atoms with Gasteiger partial charge in [-0.2, -0.15) is 0 Å².